The van der Waals surface area contributed by atoms with E-state index in [1.54, 1.807) is 6.92 Å². The van der Waals surface area contributed by atoms with Crippen molar-refractivity contribution >= 4 is 11.6 Å². The molecule has 0 saturated heterocycles. The standard InChI is InChI=1S/C25H24ClN5O/c1-16-5-3-4-6-22(16)25-28-14-18(15-29-25)13-27-23(19-7-9-20(26)10-8-19)11-21-12-24(32)31-17(2)30-21/h3-10,12,14-15,23,27H,11,13H2,1-2H3,(H,30,31,32)/t23-/m1/s1. The maximum Gasteiger partial charge on any atom is 0.251 e. The van der Waals surface area contributed by atoms with Crippen LogP contribution in [0.15, 0.2) is 71.8 Å². The molecule has 2 N–H and O–H groups in total. The molecule has 32 heavy (non-hydrogen) atoms. The number of hydrogen-bond acceptors (Lipinski definition) is 5. The lowest BCUT2D eigenvalue weighted by molar-refractivity contribution is 0.522. The molecule has 2 heterocycles. The Morgan fingerprint density at radius 3 is 2.44 bits per heavy atom. The second-order valence-corrected chi connectivity index (χ2v) is 8.18. The number of nitrogens with zero attached hydrogens (tertiary/aromatic N) is 3. The molecule has 0 amide bonds. The van der Waals surface area contributed by atoms with E-state index in [2.05, 4.69) is 38.2 Å². The summed E-state index contributed by atoms with van der Waals surface area (Å²) in [6.07, 6.45) is 4.25. The molecule has 0 bridgehead atoms. The third-order valence-corrected chi connectivity index (χ3v) is 5.49. The van der Waals surface area contributed by atoms with Gasteiger partial charge in [0, 0.05) is 59.3 Å². The van der Waals surface area contributed by atoms with Crippen LogP contribution < -0.4 is 10.9 Å². The Bertz CT molecular complexity index is 1250. The van der Waals surface area contributed by atoms with Gasteiger partial charge in [0.25, 0.3) is 5.56 Å². The highest BCUT2D eigenvalue weighted by atomic mass is 35.5. The molecule has 2 aromatic heterocycles. The third kappa shape index (κ3) is 5.46. The van der Waals surface area contributed by atoms with Crippen LogP contribution in [0.1, 0.15) is 34.3 Å². The van der Waals surface area contributed by atoms with E-state index in [1.807, 2.05) is 54.9 Å². The van der Waals surface area contributed by atoms with Crippen LogP contribution in [-0.4, -0.2) is 19.9 Å². The monoisotopic (exact) mass is 445 g/mol. The Morgan fingerprint density at radius 1 is 1.03 bits per heavy atom. The SMILES string of the molecule is Cc1nc(C[C@@H](NCc2cnc(-c3ccccc3C)nc2)c2ccc(Cl)cc2)cc(=O)[nH]1. The Balaban J connectivity index is 1.52. The van der Waals surface area contributed by atoms with Crippen LogP contribution >= 0.6 is 11.6 Å². The Hall–Kier alpha value is -3.35. The summed E-state index contributed by atoms with van der Waals surface area (Å²) in [5.41, 5.74) is 4.78. The molecule has 0 aliphatic heterocycles. The van der Waals surface area contributed by atoms with Gasteiger partial charge in [-0.05, 0) is 37.1 Å². The number of halogens is 1. The summed E-state index contributed by atoms with van der Waals surface area (Å²) in [6, 6.07) is 17.2. The van der Waals surface area contributed by atoms with Crippen molar-refractivity contribution in [3.8, 4) is 11.4 Å². The highest BCUT2D eigenvalue weighted by molar-refractivity contribution is 6.30. The van der Waals surface area contributed by atoms with Crippen LogP contribution in [0.4, 0.5) is 0 Å². The van der Waals surface area contributed by atoms with Gasteiger partial charge in [0.05, 0.1) is 0 Å². The predicted octanol–water partition coefficient (Wildman–Crippen LogP) is 4.57. The van der Waals surface area contributed by atoms with Crippen LogP contribution in [0, 0.1) is 13.8 Å². The molecule has 0 unspecified atom stereocenters. The van der Waals surface area contributed by atoms with Gasteiger partial charge in [-0.2, -0.15) is 0 Å². The minimum atomic E-state index is -0.150. The molecule has 0 saturated carbocycles. The van der Waals surface area contributed by atoms with Crippen LogP contribution in [0.25, 0.3) is 11.4 Å². The van der Waals surface area contributed by atoms with Crippen LogP contribution in [-0.2, 0) is 13.0 Å². The molecule has 0 radical (unpaired) electrons. The van der Waals surface area contributed by atoms with Gasteiger partial charge in [-0.3, -0.25) is 4.79 Å². The first-order valence-electron chi connectivity index (χ1n) is 10.4. The molecule has 4 rings (SSSR count). The highest BCUT2D eigenvalue weighted by Gasteiger charge is 2.14. The molecule has 1 atom stereocenters. The number of H-pyrrole nitrogens is 1. The second-order valence-electron chi connectivity index (χ2n) is 7.74. The Labute approximate surface area is 191 Å². The van der Waals surface area contributed by atoms with E-state index in [-0.39, 0.29) is 11.6 Å². The van der Waals surface area contributed by atoms with Gasteiger partial charge in [0.15, 0.2) is 5.82 Å². The highest BCUT2D eigenvalue weighted by Crippen LogP contribution is 2.21. The van der Waals surface area contributed by atoms with Crippen molar-refractivity contribution in [2.75, 3.05) is 0 Å². The minimum absolute atomic E-state index is 0.0583. The van der Waals surface area contributed by atoms with Gasteiger partial charge in [-0.15, -0.1) is 0 Å². The fraction of sp³-hybridized carbons (Fsp3) is 0.200. The quantitative estimate of drug-likeness (QED) is 0.435. The Morgan fingerprint density at radius 2 is 1.75 bits per heavy atom. The van der Waals surface area contributed by atoms with E-state index in [0.717, 1.165) is 27.9 Å². The summed E-state index contributed by atoms with van der Waals surface area (Å²) >= 11 is 6.07. The second kappa shape index (κ2) is 9.85. The summed E-state index contributed by atoms with van der Waals surface area (Å²) in [5, 5.41) is 4.23. The van der Waals surface area contributed by atoms with E-state index in [9.17, 15) is 4.79 Å². The normalized spacial score (nSPS) is 12.0. The molecule has 4 aromatic rings. The fourth-order valence-electron chi connectivity index (χ4n) is 3.61. The largest absolute Gasteiger partial charge is 0.311 e. The summed E-state index contributed by atoms with van der Waals surface area (Å²) in [7, 11) is 0. The van der Waals surface area contributed by atoms with Crippen molar-refractivity contribution in [2.45, 2.75) is 32.9 Å². The first-order valence-corrected chi connectivity index (χ1v) is 10.8. The number of nitrogens with one attached hydrogen (secondary N) is 2. The van der Waals surface area contributed by atoms with Crippen molar-refractivity contribution in [2.24, 2.45) is 0 Å². The molecule has 2 aromatic carbocycles. The number of rotatable bonds is 7. The predicted molar refractivity (Wildman–Crippen MR) is 127 cm³/mol. The van der Waals surface area contributed by atoms with Gasteiger partial charge in [0.2, 0.25) is 0 Å². The van der Waals surface area contributed by atoms with Gasteiger partial charge >= 0.3 is 0 Å². The number of aromatic nitrogens is 4. The van der Waals surface area contributed by atoms with Gasteiger partial charge in [-0.1, -0.05) is 48.0 Å². The van der Waals surface area contributed by atoms with Crippen LogP contribution in [0.3, 0.4) is 0 Å². The third-order valence-electron chi connectivity index (χ3n) is 5.24. The summed E-state index contributed by atoms with van der Waals surface area (Å²) in [5.74, 6) is 1.31. The molecule has 6 nitrogen and oxygen atoms in total. The lowest BCUT2D eigenvalue weighted by Gasteiger charge is -2.19. The maximum atomic E-state index is 11.9. The molecule has 0 spiro atoms. The Kier molecular flexibility index (Phi) is 6.73. The van der Waals surface area contributed by atoms with E-state index >= 15 is 0 Å². The zero-order chi connectivity index (χ0) is 22.5. The number of hydrogen-bond donors (Lipinski definition) is 2. The molecular formula is C25H24ClN5O. The van der Waals surface area contributed by atoms with E-state index in [1.165, 1.54) is 6.07 Å². The van der Waals surface area contributed by atoms with Crippen molar-refractivity contribution in [3.05, 3.63) is 111 Å². The topological polar surface area (TPSA) is 83.6 Å². The average molecular weight is 446 g/mol. The fourth-order valence-corrected chi connectivity index (χ4v) is 3.73. The summed E-state index contributed by atoms with van der Waals surface area (Å²) < 4.78 is 0. The van der Waals surface area contributed by atoms with Gasteiger partial charge in [0.1, 0.15) is 5.82 Å². The summed E-state index contributed by atoms with van der Waals surface area (Å²) in [6.45, 7) is 4.40. The lowest BCUT2D eigenvalue weighted by atomic mass is 10.0. The molecular weight excluding hydrogens is 422 g/mol. The van der Waals surface area contributed by atoms with Gasteiger partial charge < -0.3 is 10.3 Å². The molecule has 0 aliphatic rings. The molecule has 162 valence electrons. The van der Waals surface area contributed by atoms with Crippen LogP contribution in [0.2, 0.25) is 5.02 Å². The minimum Gasteiger partial charge on any atom is -0.311 e. The van der Waals surface area contributed by atoms with E-state index in [4.69, 9.17) is 11.6 Å². The molecule has 0 aliphatic carbocycles. The molecule has 0 fully saturated rings. The van der Waals surface area contributed by atoms with E-state index < -0.39 is 0 Å². The zero-order valence-corrected chi connectivity index (χ0v) is 18.7. The van der Waals surface area contributed by atoms with Crippen molar-refractivity contribution < 1.29 is 0 Å². The zero-order valence-electron chi connectivity index (χ0n) is 18.0. The van der Waals surface area contributed by atoms with Gasteiger partial charge in [-0.25, -0.2) is 15.0 Å². The first-order chi connectivity index (χ1) is 15.5. The van der Waals surface area contributed by atoms with Crippen molar-refractivity contribution in [1.82, 2.24) is 25.3 Å². The maximum absolute atomic E-state index is 11.9. The van der Waals surface area contributed by atoms with Crippen LogP contribution in [0.5, 0.6) is 0 Å². The smallest absolute Gasteiger partial charge is 0.251 e. The lowest BCUT2D eigenvalue weighted by Crippen LogP contribution is -2.24. The number of aromatic amines is 1. The summed E-state index contributed by atoms with van der Waals surface area (Å²) in [4.78, 5) is 28.2. The van der Waals surface area contributed by atoms with Crippen molar-refractivity contribution in [3.63, 3.8) is 0 Å². The average Bonchev–Trinajstić information content (AvgIpc) is 2.77. The number of aryl methyl sites for hydroxylation is 2. The first kappa shape index (κ1) is 21.9. The molecule has 7 heteroatoms. The number of benzene rings is 2. The van der Waals surface area contributed by atoms with Crippen molar-refractivity contribution in [1.29, 1.82) is 0 Å². The van der Waals surface area contributed by atoms with E-state index in [0.29, 0.717) is 29.6 Å².